The van der Waals surface area contributed by atoms with Crippen molar-refractivity contribution in [3.05, 3.63) is 56.0 Å². The van der Waals surface area contributed by atoms with Gasteiger partial charge in [-0.05, 0) is 5.39 Å². The highest BCUT2D eigenvalue weighted by Gasteiger charge is 2.13. The number of benzene rings is 1. The molecule has 5 heteroatoms. The summed E-state index contributed by atoms with van der Waals surface area (Å²) in [6.45, 7) is 1.44. The van der Waals surface area contributed by atoms with Gasteiger partial charge in [-0.1, -0.05) is 24.3 Å². The number of nitrogens with zero attached hydrogens (tertiary/aromatic N) is 3. The highest BCUT2D eigenvalue weighted by molar-refractivity contribution is 5.85. The van der Waals surface area contributed by atoms with Crippen LogP contribution in [0.3, 0.4) is 0 Å². The third kappa shape index (κ3) is 1.63. The van der Waals surface area contributed by atoms with Crippen LogP contribution in [0, 0.1) is 10.7 Å². The predicted molar refractivity (Wildman–Crippen MR) is 81.7 cm³/mol. The number of H-pyrrole nitrogens is 1. The van der Waals surface area contributed by atoms with Crippen LogP contribution in [0.5, 0.6) is 0 Å². The Balaban J connectivity index is 2.42. The summed E-state index contributed by atoms with van der Waals surface area (Å²) < 4.78 is 2.05. The average Bonchev–Trinajstić information content (AvgIpc) is 3.04. The minimum Gasteiger partial charge on any atom is -0.383 e. The van der Waals surface area contributed by atoms with Crippen molar-refractivity contribution in [1.82, 2.24) is 14.5 Å². The van der Waals surface area contributed by atoms with Crippen molar-refractivity contribution in [3.8, 4) is 0 Å². The monoisotopic (exact) mass is 280 g/mol. The van der Waals surface area contributed by atoms with Crippen LogP contribution in [0.2, 0.25) is 0 Å². The Bertz CT molecular complexity index is 1090. The molecule has 21 heavy (non-hydrogen) atoms. The molecular formula is C16H16N4O. The Morgan fingerprint density at radius 3 is 2.81 bits per heavy atom. The molecule has 1 aromatic carbocycles. The maximum Gasteiger partial charge on any atom is 0.291 e. The number of aromatic amines is 1. The highest BCUT2D eigenvalue weighted by Crippen LogP contribution is 2.13. The fraction of sp³-hybridized carbons (Fsp3) is 0.250. The smallest absolute Gasteiger partial charge is 0.291 e. The first-order valence-corrected chi connectivity index (χ1v) is 7.03. The number of hydrogen-bond donors (Lipinski definition) is 1. The first-order chi connectivity index (χ1) is 10.2. The van der Waals surface area contributed by atoms with Crippen molar-refractivity contribution in [1.29, 1.82) is 0 Å². The molecule has 0 unspecified atom stereocenters. The molecule has 0 saturated heterocycles. The van der Waals surface area contributed by atoms with Gasteiger partial charge in [0.25, 0.3) is 5.56 Å². The maximum absolute atomic E-state index is 12.2. The number of fused-ring (bicyclic) bond motifs is 4. The second-order valence-electron chi connectivity index (χ2n) is 5.59. The van der Waals surface area contributed by atoms with Crippen LogP contribution < -0.4 is 16.3 Å². The van der Waals surface area contributed by atoms with Gasteiger partial charge < -0.3 is 14.5 Å². The van der Waals surface area contributed by atoms with Gasteiger partial charge in [0.15, 0.2) is 5.49 Å². The summed E-state index contributed by atoms with van der Waals surface area (Å²) in [6.07, 6.45) is 2.11. The fourth-order valence-corrected chi connectivity index (χ4v) is 3.15. The summed E-state index contributed by atoms with van der Waals surface area (Å²) in [5.74, 6) is 0. The van der Waals surface area contributed by atoms with Crippen molar-refractivity contribution >= 4 is 17.0 Å². The van der Waals surface area contributed by atoms with E-state index in [1.807, 2.05) is 35.7 Å². The number of rotatable bonds is 1. The molecule has 0 amide bonds. The minimum atomic E-state index is -0.104. The Hall–Kier alpha value is -2.56. The van der Waals surface area contributed by atoms with Crippen molar-refractivity contribution in [2.75, 3.05) is 20.6 Å². The Morgan fingerprint density at radius 1 is 1.29 bits per heavy atom. The van der Waals surface area contributed by atoms with Gasteiger partial charge in [0, 0.05) is 37.4 Å². The van der Waals surface area contributed by atoms with Crippen LogP contribution in [0.25, 0.3) is 17.0 Å². The molecule has 5 nitrogen and oxygen atoms in total. The molecule has 0 fully saturated rings. The van der Waals surface area contributed by atoms with E-state index in [0.717, 1.165) is 33.2 Å². The van der Waals surface area contributed by atoms with Crippen molar-refractivity contribution in [3.63, 3.8) is 0 Å². The van der Waals surface area contributed by atoms with E-state index in [1.54, 1.807) is 0 Å². The van der Waals surface area contributed by atoms with E-state index < -0.39 is 0 Å². The summed E-state index contributed by atoms with van der Waals surface area (Å²) in [7, 11) is 4.02. The Kier molecular flexibility index (Phi) is 2.45. The highest BCUT2D eigenvalue weighted by atomic mass is 16.1. The largest absolute Gasteiger partial charge is 0.383 e. The molecule has 0 saturated carbocycles. The lowest BCUT2D eigenvalue weighted by molar-refractivity contribution is 0.612. The van der Waals surface area contributed by atoms with Crippen molar-refractivity contribution < 1.29 is 0 Å². The minimum absolute atomic E-state index is 0.104. The van der Waals surface area contributed by atoms with Gasteiger partial charge in [-0.3, -0.25) is 9.79 Å². The van der Waals surface area contributed by atoms with Gasteiger partial charge in [0.05, 0.1) is 17.2 Å². The van der Waals surface area contributed by atoms with E-state index in [2.05, 4.69) is 28.3 Å². The van der Waals surface area contributed by atoms with Crippen molar-refractivity contribution in [2.24, 2.45) is 4.99 Å². The van der Waals surface area contributed by atoms with E-state index in [9.17, 15) is 4.79 Å². The zero-order chi connectivity index (χ0) is 14.6. The molecule has 0 radical (unpaired) electrons. The van der Waals surface area contributed by atoms with E-state index in [0.29, 0.717) is 12.0 Å². The molecule has 2 aliphatic heterocycles. The normalized spacial score (nSPS) is 14.7. The lowest BCUT2D eigenvalue weighted by Gasteiger charge is -2.04. The third-order valence-electron chi connectivity index (χ3n) is 3.92. The third-order valence-corrected chi connectivity index (χ3v) is 3.92. The second kappa shape index (κ2) is 4.22. The van der Waals surface area contributed by atoms with E-state index in [-0.39, 0.29) is 5.56 Å². The Morgan fingerprint density at radius 2 is 2.05 bits per heavy atom. The van der Waals surface area contributed by atoms with Crippen molar-refractivity contribution in [2.45, 2.75) is 6.54 Å². The van der Waals surface area contributed by atoms with Crippen LogP contribution in [0.1, 0.15) is 0 Å². The zero-order valence-corrected chi connectivity index (χ0v) is 12.1. The van der Waals surface area contributed by atoms with E-state index in [4.69, 9.17) is 0 Å². The molecule has 0 aromatic heterocycles. The molecule has 1 aliphatic carbocycles. The molecule has 0 spiro atoms. The molecule has 4 rings (SSSR count). The fourth-order valence-electron chi connectivity index (χ4n) is 3.15. The van der Waals surface area contributed by atoms with Crippen LogP contribution in [-0.4, -0.2) is 35.1 Å². The van der Waals surface area contributed by atoms with Crippen LogP contribution in [0.15, 0.2) is 34.1 Å². The first-order valence-electron chi connectivity index (χ1n) is 7.03. The molecule has 0 atom stereocenters. The lowest BCUT2D eigenvalue weighted by Crippen LogP contribution is -2.36. The number of nitrogens with one attached hydrogen (secondary N) is 1. The molecule has 1 aromatic rings. The van der Waals surface area contributed by atoms with Gasteiger partial charge >= 0.3 is 0 Å². The standard InChI is InChI=1S/C16H16N4O/c1-19(2)9-12-10-5-3-4-6-11(10)13-14(12)20-8-7-17-15(20)16(21)18-13/h3-6,9H,7-8H2,1-2H3,(H,18,21). The SMILES string of the molecule is CN(C)C=c1c2n3c(c(=O)[nH]c=2c2ccccc12)=NCC3. The average molecular weight is 280 g/mol. The topological polar surface area (TPSA) is 53.4 Å². The molecular weight excluding hydrogens is 264 g/mol. The van der Waals surface area contributed by atoms with Gasteiger partial charge in [-0.2, -0.15) is 0 Å². The summed E-state index contributed by atoms with van der Waals surface area (Å²) in [6, 6.07) is 8.19. The van der Waals surface area contributed by atoms with Gasteiger partial charge in [-0.25, -0.2) is 0 Å². The second-order valence-corrected chi connectivity index (χ2v) is 5.59. The van der Waals surface area contributed by atoms with Crippen LogP contribution in [-0.2, 0) is 6.54 Å². The van der Waals surface area contributed by atoms with Crippen LogP contribution >= 0.6 is 0 Å². The van der Waals surface area contributed by atoms with Gasteiger partial charge in [-0.15, -0.1) is 0 Å². The lowest BCUT2D eigenvalue weighted by atomic mass is 10.2. The Labute approximate surface area is 120 Å². The summed E-state index contributed by atoms with van der Waals surface area (Å²) >= 11 is 0. The molecule has 2 heterocycles. The maximum atomic E-state index is 12.2. The number of aromatic nitrogens is 2. The molecule has 1 N–H and O–H groups in total. The zero-order valence-electron chi connectivity index (χ0n) is 12.1. The van der Waals surface area contributed by atoms with Crippen LogP contribution in [0.4, 0.5) is 0 Å². The predicted octanol–water partition coefficient (Wildman–Crippen LogP) is -0.0128. The quantitative estimate of drug-likeness (QED) is 0.681. The summed E-state index contributed by atoms with van der Waals surface area (Å²) in [5, 5.41) is 5.36. The summed E-state index contributed by atoms with van der Waals surface area (Å²) in [4.78, 5) is 21.6. The van der Waals surface area contributed by atoms with E-state index in [1.165, 1.54) is 0 Å². The number of hydrogen-bond acceptors (Lipinski definition) is 3. The van der Waals surface area contributed by atoms with Gasteiger partial charge in [0.2, 0.25) is 0 Å². The molecule has 3 aliphatic rings. The summed E-state index contributed by atoms with van der Waals surface area (Å²) in [5.41, 5.74) is 0.429. The first kappa shape index (κ1) is 12.2. The molecule has 0 bridgehead atoms. The van der Waals surface area contributed by atoms with Gasteiger partial charge in [0.1, 0.15) is 0 Å². The van der Waals surface area contributed by atoms with E-state index >= 15 is 0 Å². The molecule has 106 valence electrons.